The van der Waals surface area contributed by atoms with E-state index in [0.29, 0.717) is 17.7 Å². The molecule has 2 heterocycles. The summed E-state index contributed by atoms with van der Waals surface area (Å²) in [6, 6.07) is 8.53. The molecule has 0 saturated heterocycles. The van der Waals surface area contributed by atoms with E-state index < -0.39 is 0 Å². The fraction of sp³-hybridized carbons (Fsp3) is 0.476. The summed E-state index contributed by atoms with van der Waals surface area (Å²) in [5.74, 6) is 1.88. The first-order valence-electron chi connectivity index (χ1n) is 10.0. The Morgan fingerprint density at radius 3 is 2.55 bits per heavy atom. The van der Waals surface area contributed by atoms with Gasteiger partial charge in [-0.3, -0.25) is 4.79 Å². The molecule has 1 atom stereocenters. The van der Waals surface area contributed by atoms with Crippen molar-refractivity contribution in [2.24, 2.45) is 0 Å². The van der Waals surface area contributed by atoms with Gasteiger partial charge in [-0.2, -0.15) is 4.98 Å². The molecule has 1 aromatic heterocycles. The molecule has 1 aliphatic heterocycles. The number of nitrogens with zero attached hydrogens (tertiary/aromatic N) is 3. The Balaban J connectivity index is 1.36. The van der Waals surface area contributed by atoms with Gasteiger partial charge in [-0.25, -0.2) is 4.98 Å². The topological polar surface area (TPSA) is 79.4 Å². The summed E-state index contributed by atoms with van der Waals surface area (Å²) in [5.41, 5.74) is 0.935. The highest BCUT2D eigenvalue weighted by Crippen LogP contribution is 2.27. The lowest BCUT2D eigenvalue weighted by Gasteiger charge is -2.30. The molecular weight excluding hydrogens is 434 g/mol. The summed E-state index contributed by atoms with van der Waals surface area (Å²) in [5, 5.41) is 7.55. The van der Waals surface area contributed by atoms with Crippen LogP contribution in [0.4, 0.5) is 11.8 Å². The largest absolute Gasteiger partial charge is 0.473 e. The Kier molecular flexibility index (Phi) is 5.89. The lowest BCUT2D eigenvalue weighted by Crippen LogP contribution is -2.41. The first kappa shape index (κ1) is 19.9. The van der Waals surface area contributed by atoms with Crippen molar-refractivity contribution >= 4 is 44.5 Å². The number of anilines is 2. The van der Waals surface area contributed by atoms with Gasteiger partial charge in [0.1, 0.15) is 5.82 Å². The lowest BCUT2D eigenvalue weighted by atomic mass is 9.91. The van der Waals surface area contributed by atoms with Gasteiger partial charge in [-0.05, 0) is 59.8 Å². The number of alkyl halides is 1. The van der Waals surface area contributed by atoms with Crippen LogP contribution in [0.1, 0.15) is 32.1 Å². The molecule has 2 N–H and O–H groups in total. The zero-order valence-electron chi connectivity index (χ0n) is 16.7. The Bertz CT molecular complexity index is 924. The summed E-state index contributed by atoms with van der Waals surface area (Å²) in [6.45, 7) is 0. The molecule has 29 heavy (non-hydrogen) atoms. The predicted octanol–water partition coefficient (Wildman–Crippen LogP) is 3.56. The predicted molar refractivity (Wildman–Crippen MR) is 118 cm³/mol. The highest BCUT2D eigenvalue weighted by Gasteiger charge is 2.27. The van der Waals surface area contributed by atoms with Crippen molar-refractivity contribution in [3.63, 3.8) is 0 Å². The molecule has 0 bridgehead atoms. The van der Waals surface area contributed by atoms with Crippen molar-refractivity contribution in [2.45, 2.75) is 49.2 Å². The Morgan fingerprint density at radius 2 is 1.86 bits per heavy atom. The van der Waals surface area contributed by atoms with Crippen molar-refractivity contribution in [3.05, 3.63) is 36.1 Å². The molecule has 1 unspecified atom stereocenters. The highest BCUT2D eigenvalue weighted by molar-refractivity contribution is 9.09. The normalized spacial score (nSPS) is 24.0. The summed E-state index contributed by atoms with van der Waals surface area (Å²) in [6.07, 6.45) is 6.31. The number of nitrogens with one attached hydrogen (secondary N) is 2. The van der Waals surface area contributed by atoms with Crippen LogP contribution in [0.25, 0.3) is 10.9 Å². The van der Waals surface area contributed by atoms with Gasteiger partial charge < -0.3 is 20.3 Å². The van der Waals surface area contributed by atoms with Crippen molar-refractivity contribution < 1.29 is 9.53 Å². The third-order valence-corrected chi connectivity index (χ3v) is 5.93. The van der Waals surface area contributed by atoms with Gasteiger partial charge in [0.2, 0.25) is 5.95 Å². The number of carbonyl (C=O) groups is 1. The number of halogens is 1. The van der Waals surface area contributed by atoms with Gasteiger partial charge in [-0.1, -0.05) is 12.1 Å². The van der Waals surface area contributed by atoms with Gasteiger partial charge in [-0.15, -0.1) is 0 Å². The molecule has 8 heteroatoms. The second-order valence-corrected chi connectivity index (χ2v) is 8.80. The summed E-state index contributed by atoms with van der Waals surface area (Å²) in [4.78, 5) is 23.7. The number of fused-ring (bicyclic) bond motifs is 1. The standard InChI is InChI=1S/C21H26BrN5O2/c1-27(2)19-15-5-3-4-6-16(15)25-21(26-19)24-14-9-7-13(8-10-14)23-20(28)17-11-12-18(22)29-17/h3-6,11,13-14,18H,7-10,12H2,1-2H3,(H,23,28)(H,24,25,26)/t13-,14+,18?. The van der Waals surface area contributed by atoms with E-state index in [1.165, 1.54) is 0 Å². The summed E-state index contributed by atoms with van der Waals surface area (Å²) >= 11 is 3.36. The van der Waals surface area contributed by atoms with Crippen molar-refractivity contribution in [1.82, 2.24) is 15.3 Å². The van der Waals surface area contributed by atoms with Crippen LogP contribution in [0.15, 0.2) is 36.1 Å². The van der Waals surface area contributed by atoms with E-state index >= 15 is 0 Å². The Morgan fingerprint density at radius 1 is 1.14 bits per heavy atom. The molecule has 1 aliphatic carbocycles. The number of hydrogen-bond acceptors (Lipinski definition) is 6. The first-order valence-corrected chi connectivity index (χ1v) is 10.9. The van der Waals surface area contributed by atoms with Crippen LogP contribution in [0, 0.1) is 0 Å². The molecule has 4 rings (SSSR count). The quantitative estimate of drug-likeness (QED) is 0.665. The van der Waals surface area contributed by atoms with Gasteiger partial charge in [0, 0.05) is 38.0 Å². The van der Waals surface area contributed by atoms with Gasteiger partial charge in [0.25, 0.3) is 5.91 Å². The smallest absolute Gasteiger partial charge is 0.286 e. The van der Waals surface area contributed by atoms with Crippen LogP contribution >= 0.6 is 15.9 Å². The maximum absolute atomic E-state index is 12.3. The zero-order chi connectivity index (χ0) is 20.4. The second kappa shape index (κ2) is 8.57. The van der Waals surface area contributed by atoms with Gasteiger partial charge in [0.15, 0.2) is 10.8 Å². The average molecular weight is 460 g/mol. The average Bonchev–Trinajstić information content (AvgIpc) is 3.15. The molecule has 1 aromatic carbocycles. The molecule has 2 aliphatic rings. The zero-order valence-corrected chi connectivity index (χ0v) is 18.3. The van der Waals surface area contributed by atoms with Crippen LogP contribution in [-0.2, 0) is 9.53 Å². The number of benzene rings is 1. The second-order valence-electron chi connectivity index (χ2n) is 7.78. The number of hydrogen-bond donors (Lipinski definition) is 2. The number of para-hydroxylation sites is 1. The van der Waals surface area contributed by atoms with Crippen molar-refractivity contribution in [3.8, 4) is 0 Å². The molecular formula is C21H26BrN5O2. The van der Waals surface area contributed by atoms with E-state index in [9.17, 15) is 4.79 Å². The number of carbonyl (C=O) groups excluding carboxylic acids is 1. The lowest BCUT2D eigenvalue weighted by molar-refractivity contribution is -0.121. The van der Waals surface area contributed by atoms with E-state index in [1.807, 2.05) is 49.3 Å². The van der Waals surface area contributed by atoms with Crippen LogP contribution in [0.3, 0.4) is 0 Å². The van der Waals surface area contributed by atoms with E-state index in [1.54, 1.807) is 0 Å². The minimum atomic E-state index is -0.114. The number of ether oxygens (including phenoxy) is 1. The number of amides is 1. The molecule has 1 fully saturated rings. The van der Waals surface area contributed by atoms with Crippen LogP contribution < -0.4 is 15.5 Å². The molecule has 154 valence electrons. The molecule has 0 radical (unpaired) electrons. The fourth-order valence-electron chi connectivity index (χ4n) is 3.87. The summed E-state index contributed by atoms with van der Waals surface area (Å²) < 4.78 is 5.46. The van der Waals surface area contributed by atoms with E-state index in [2.05, 4.69) is 26.6 Å². The summed E-state index contributed by atoms with van der Waals surface area (Å²) in [7, 11) is 3.99. The maximum atomic E-state index is 12.3. The van der Waals surface area contributed by atoms with Crippen molar-refractivity contribution in [1.29, 1.82) is 0 Å². The maximum Gasteiger partial charge on any atom is 0.286 e. The van der Waals surface area contributed by atoms with Crippen LogP contribution in [-0.4, -0.2) is 47.1 Å². The molecule has 0 spiro atoms. The molecule has 1 amide bonds. The van der Waals surface area contributed by atoms with Crippen LogP contribution in [0.5, 0.6) is 0 Å². The third-order valence-electron chi connectivity index (χ3n) is 5.37. The minimum Gasteiger partial charge on any atom is -0.473 e. The van der Waals surface area contributed by atoms with E-state index in [-0.39, 0.29) is 17.0 Å². The number of rotatable bonds is 5. The van der Waals surface area contributed by atoms with Gasteiger partial charge in [0.05, 0.1) is 5.52 Å². The van der Waals surface area contributed by atoms with Crippen molar-refractivity contribution in [2.75, 3.05) is 24.3 Å². The molecule has 7 nitrogen and oxygen atoms in total. The molecule has 1 saturated carbocycles. The Hall–Kier alpha value is -2.35. The highest BCUT2D eigenvalue weighted by atomic mass is 79.9. The van der Waals surface area contributed by atoms with Gasteiger partial charge >= 0.3 is 0 Å². The van der Waals surface area contributed by atoms with Crippen LogP contribution in [0.2, 0.25) is 0 Å². The van der Waals surface area contributed by atoms with E-state index in [0.717, 1.165) is 48.8 Å². The third kappa shape index (κ3) is 4.63. The fourth-order valence-corrected chi connectivity index (χ4v) is 4.25. The minimum absolute atomic E-state index is 0.0859. The van der Waals surface area contributed by atoms with E-state index in [4.69, 9.17) is 14.7 Å². The Labute approximate surface area is 179 Å². The molecule has 2 aromatic rings. The monoisotopic (exact) mass is 459 g/mol. The first-order chi connectivity index (χ1) is 14.0. The number of aromatic nitrogens is 2. The SMILES string of the molecule is CN(C)c1nc(N[C@H]2CC[C@@H](NC(=O)C3=CCC(Br)O3)CC2)nc2ccccc12.